The van der Waals surface area contributed by atoms with Crippen LogP contribution in [0.25, 0.3) is 0 Å². The molecule has 1 aliphatic heterocycles. The van der Waals surface area contributed by atoms with Crippen LogP contribution in [0.4, 0.5) is 4.39 Å². The third-order valence-corrected chi connectivity index (χ3v) is 6.25. The highest BCUT2D eigenvalue weighted by atomic mass is 35.5. The zero-order chi connectivity index (χ0) is 17.1. The molecule has 136 valence electrons. The van der Waals surface area contributed by atoms with Crippen molar-refractivity contribution in [3.63, 3.8) is 0 Å². The van der Waals surface area contributed by atoms with Crippen LogP contribution in [0.1, 0.15) is 18.4 Å². The average molecular weight is 381 g/mol. The van der Waals surface area contributed by atoms with Crippen molar-refractivity contribution in [3.8, 4) is 5.75 Å². The number of sulfone groups is 1. The van der Waals surface area contributed by atoms with E-state index in [1.807, 2.05) is 0 Å². The average Bonchev–Trinajstić information content (AvgIpc) is 2.52. The van der Waals surface area contributed by atoms with Crippen LogP contribution in [-0.2, 0) is 21.2 Å². The zero-order valence-corrected chi connectivity index (χ0v) is 15.2. The van der Waals surface area contributed by atoms with E-state index in [2.05, 4.69) is 10.6 Å². The molecule has 2 N–H and O–H groups in total. The fourth-order valence-electron chi connectivity index (χ4n) is 2.73. The van der Waals surface area contributed by atoms with E-state index in [0.29, 0.717) is 18.8 Å². The summed E-state index contributed by atoms with van der Waals surface area (Å²) in [6.45, 7) is 0.841. The standard InChI is InChI=1S/C15H21FN2O4S.ClH/c1-22-12-4-3-11(13(16)9-12)10-18-14(19)15(23(2,20)21)5-7-17-8-6-15;/h3-4,9,17H,5-8,10H2,1-2H3,(H,18,19);1H. The molecule has 0 bridgehead atoms. The SMILES string of the molecule is COc1ccc(CNC(=O)C2(S(C)(=O)=O)CCNCC2)c(F)c1.Cl. The van der Waals surface area contributed by atoms with Crippen molar-refractivity contribution in [1.29, 1.82) is 0 Å². The first-order valence-corrected chi connectivity index (χ1v) is 9.20. The fourth-order valence-corrected chi connectivity index (χ4v) is 4.09. The number of hydrogen-bond donors (Lipinski definition) is 2. The number of piperidine rings is 1. The third-order valence-electron chi connectivity index (χ3n) is 4.23. The van der Waals surface area contributed by atoms with Crippen molar-refractivity contribution in [3.05, 3.63) is 29.6 Å². The van der Waals surface area contributed by atoms with E-state index in [9.17, 15) is 17.6 Å². The molecule has 1 heterocycles. The topological polar surface area (TPSA) is 84.5 Å². The molecular formula is C15H22ClFN2O4S. The Morgan fingerprint density at radius 3 is 2.50 bits per heavy atom. The molecule has 1 aromatic rings. The van der Waals surface area contributed by atoms with Crippen molar-refractivity contribution in [2.75, 3.05) is 26.5 Å². The minimum absolute atomic E-state index is 0. The molecule has 0 aliphatic carbocycles. The Morgan fingerprint density at radius 1 is 1.38 bits per heavy atom. The summed E-state index contributed by atoms with van der Waals surface area (Å²) < 4.78 is 41.6. The van der Waals surface area contributed by atoms with E-state index in [-0.39, 0.29) is 37.4 Å². The molecule has 1 fully saturated rings. The van der Waals surface area contributed by atoms with E-state index >= 15 is 0 Å². The summed E-state index contributed by atoms with van der Waals surface area (Å²) in [6.07, 6.45) is 1.50. The summed E-state index contributed by atoms with van der Waals surface area (Å²) in [5, 5.41) is 5.61. The minimum Gasteiger partial charge on any atom is -0.497 e. The molecule has 0 saturated carbocycles. The number of hydrogen-bond acceptors (Lipinski definition) is 5. The number of methoxy groups -OCH3 is 1. The summed E-state index contributed by atoms with van der Waals surface area (Å²) in [4.78, 5) is 12.5. The van der Waals surface area contributed by atoms with Gasteiger partial charge in [-0.1, -0.05) is 6.07 Å². The molecule has 1 saturated heterocycles. The molecule has 9 heteroatoms. The maximum Gasteiger partial charge on any atom is 0.241 e. The molecule has 0 unspecified atom stereocenters. The van der Waals surface area contributed by atoms with Gasteiger partial charge in [0.1, 0.15) is 11.6 Å². The number of nitrogens with one attached hydrogen (secondary N) is 2. The first-order chi connectivity index (χ1) is 10.8. The molecule has 1 aromatic carbocycles. The summed E-state index contributed by atoms with van der Waals surface area (Å²) in [5.74, 6) is -0.705. The van der Waals surface area contributed by atoms with Crippen molar-refractivity contribution < 1.29 is 22.3 Å². The largest absolute Gasteiger partial charge is 0.497 e. The molecule has 6 nitrogen and oxygen atoms in total. The van der Waals surface area contributed by atoms with Gasteiger partial charge in [-0.2, -0.15) is 0 Å². The maximum atomic E-state index is 13.9. The first kappa shape index (κ1) is 20.7. The first-order valence-electron chi connectivity index (χ1n) is 7.31. The summed E-state index contributed by atoms with van der Waals surface area (Å²) >= 11 is 0. The Morgan fingerprint density at radius 2 is 2.00 bits per heavy atom. The second kappa shape index (κ2) is 8.13. The Kier molecular flexibility index (Phi) is 7.00. The second-order valence-electron chi connectivity index (χ2n) is 5.66. The van der Waals surface area contributed by atoms with Gasteiger partial charge in [-0.05, 0) is 32.0 Å². The molecule has 2 rings (SSSR count). The molecule has 0 radical (unpaired) electrons. The van der Waals surface area contributed by atoms with Gasteiger partial charge in [0.25, 0.3) is 0 Å². The van der Waals surface area contributed by atoms with Crippen LogP contribution in [0.15, 0.2) is 18.2 Å². The van der Waals surface area contributed by atoms with E-state index in [0.717, 1.165) is 6.26 Å². The van der Waals surface area contributed by atoms with Crippen molar-refractivity contribution in [2.24, 2.45) is 0 Å². The lowest BCUT2D eigenvalue weighted by Gasteiger charge is -2.34. The zero-order valence-electron chi connectivity index (χ0n) is 13.6. The van der Waals surface area contributed by atoms with Crippen LogP contribution in [0.2, 0.25) is 0 Å². The molecular weight excluding hydrogens is 359 g/mol. The maximum absolute atomic E-state index is 13.9. The van der Waals surface area contributed by atoms with Gasteiger partial charge in [0.05, 0.1) is 7.11 Å². The number of carbonyl (C=O) groups excluding carboxylic acids is 1. The predicted octanol–water partition coefficient (Wildman–Crippen LogP) is 1.04. The Hall–Kier alpha value is -1.38. The second-order valence-corrected chi connectivity index (χ2v) is 7.98. The minimum atomic E-state index is -3.58. The van der Waals surface area contributed by atoms with Gasteiger partial charge in [-0.15, -0.1) is 12.4 Å². The van der Waals surface area contributed by atoms with Crippen LogP contribution in [0.5, 0.6) is 5.75 Å². The molecule has 1 amide bonds. The molecule has 0 spiro atoms. The smallest absolute Gasteiger partial charge is 0.241 e. The molecule has 0 atom stereocenters. The Bertz CT molecular complexity index is 691. The highest BCUT2D eigenvalue weighted by molar-refractivity contribution is 7.92. The number of amides is 1. The van der Waals surface area contributed by atoms with Crippen molar-refractivity contribution in [1.82, 2.24) is 10.6 Å². The number of ether oxygens (including phenoxy) is 1. The molecule has 0 aromatic heterocycles. The van der Waals surface area contributed by atoms with Gasteiger partial charge in [0.2, 0.25) is 5.91 Å². The van der Waals surface area contributed by atoms with Crippen LogP contribution in [-0.4, -0.2) is 45.5 Å². The molecule has 24 heavy (non-hydrogen) atoms. The van der Waals surface area contributed by atoms with E-state index in [1.54, 1.807) is 6.07 Å². The monoisotopic (exact) mass is 380 g/mol. The summed E-state index contributed by atoms with van der Waals surface area (Å²) in [7, 11) is -2.14. The third kappa shape index (κ3) is 4.17. The lowest BCUT2D eigenvalue weighted by atomic mass is 9.95. The van der Waals surface area contributed by atoms with Crippen LogP contribution in [0, 0.1) is 5.82 Å². The van der Waals surface area contributed by atoms with Gasteiger partial charge >= 0.3 is 0 Å². The normalized spacial score (nSPS) is 16.8. The van der Waals surface area contributed by atoms with Gasteiger partial charge in [-0.25, -0.2) is 12.8 Å². The number of benzene rings is 1. The van der Waals surface area contributed by atoms with E-state index in [1.165, 1.54) is 19.2 Å². The van der Waals surface area contributed by atoms with Crippen LogP contribution in [0.3, 0.4) is 0 Å². The van der Waals surface area contributed by atoms with Gasteiger partial charge < -0.3 is 15.4 Å². The summed E-state index contributed by atoms with van der Waals surface area (Å²) in [6, 6.07) is 4.31. The predicted molar refractivity (Wildman–Crippen MR) is 91.7 cm³/mol. The highest BCUT2D eigenvalue weighted by Crippen LogP contribution is 2.28. The molecule has 1 aliphatic rings. The fraction of sp³-hybridized carbons (Fsp3) is 0.533. The lowest BCUT2D eigenvalue weighted by molar-refractivity contribution is -0.124. The van der Waals surface area contributed by atoms with Crippen molar-refractivity contribution >= 4 is 28.2 Å². The van der Waals surface area contributed by atoms with Gasteiger partial charge in [0, 0.05) is 24.4 Å². The van der Waals surface area contributed by atoms with Gasteiger partial charge in [0.15, 0.2) is 14.6 Å². The highest BCUT2D eigenvalue weighted by Gasteiger charge is 2.48. The Balaban J connectivity index is 0.00000288. The van der Waals surface area contributed by atoms with Crippen LogP contribution >= 0.6 is 12.4 Å². The number of rotatable bonds is 5. The van der Waals surface area contributed by atoms with Crippen molar-refractivity contribution in [2.45, 2.75) is 24.1 Å². The Labute approximate surface area is 147 Å². The number of carbonyl (C=O) groups is 1. The summed E-state index contributed by atoms with van der Waals surface area (Å²) in [5.41, 5.74) is 0.275. The number of halogens is 2. The van der Waals surface area contributed by atoms with Crippen LogP contribution < -0.4 is 15.4 Å². The quantitative estimate of drug-likeness (QED) is 0.797. The lowest BCUT2D eigenvalue weighted by Crippen LogP contribution is -2.57. The van der Waals surface area contributed by atoms with Gasteiger partial charge in [-0.3, -0.25) is 4.79 Å². The van der Waals surface area contributed by atoms with E-state index in [4.69, 9.17) is 4.74 Å². The van der Waals surface area contributed by atoms with E-state index < -0.39 is 26.3 Å².